The number of hydrogen-bond acceptors (Lipinski definition) is 1. The zero-order valence-corrected chi connectivity index (χ0v) is 7.96. The Morgan fingerprint density at radius 3 is 2.00 bits per heavy atom. The summed E-state index contributed by atoms with van der Waals surface area (Å²) in [7, 11) is 0. The molecule has 1 nitrogen and oxygen atoms in total. The maximum absolute atomic E-state index is 5.83. The molecule has 0 aliphatic heterocycles. The summed E-state index contributed by atoms with van der Waals surface area (Å²) in [5.41, 5.74) is 5.29. The fourth-order valence-electron chi connectivity index (χ4n) is 0.632. The molecule has 0 aromatic rings. The van der Waals surface area contributed by atoms with Gasteiger partial charge in [-0.2, -0.15) is 0 Å². The second kappa shape index (κ2) is 6.53. The van der Waals surface area contributed by atoms with Crippen LogP contribution in [0.2, 0.25) is 0 Å². The van der Waals surface area contributed by atoms with Crippen LogP contribution in [-0.2, 0) is 0 Å². The van der Waals surface area contributed by atoms with E-state index in [0.29, 0.717) is 6.54 Å². The van der Waals surface area contributed by atoms with Crippen LogP contribution in [0.4, 0.5) is 0 Å². The van der Waals surface area contributed by atoms with Gasteiger partial charge < -0.3 is 5.73 Å². The average Bonchev–Trinajstić information content (AvgIpc) is 1.85. The molecule has 0 spiro atoms. The largest absolute Gasteiger partial charge is 0.330 e. The van der Waals surface area contributed by atoms with Crippen LogP contribution in [0.5, 0.6) is 0 Å². The summed E-state index contributed by atoms with van der Waals surface area (Å²) >= 11 is 16.8. The number of hydrogen-bond donors (Lipinski definition) is 1. The molecule has 0 rings (SSSR count). The van der Waals surface area contributed by atoms with Crippen molar-refractivity contribution in [2.45, 2.75) is 29.5 Å². The predicted molar refractivity (Wildman–Crippen MR) is 48.0 cm³/mol. The number of halogens is 3. The molecule has 0 amide bonds. The van der Waals surface area contributed by atoms with Crippen LogP contribution in [0, 0.1) is 0 Å². The Balaban J connectivity index is 3.12. The van der Waals surface area contributed by atoms with Gasteiger partial charge in [0.1, 0.15) is 4.84 Å². The van der Waals surface area contributed by atoms with Gasteiger partial charge >= 0.3 is 0 Å². The Bertz CT molecular complexity index is 77.4. The van der Waals surface area contributed by atoms with Gasteiger partial charge in [0, 0.05) is 5.38 Å². The number of rotatable bonds is 5. The Morgan fingerprint density at radius 1 is 1.00 bits per heavy atom. The summed E-state index contributed by atoms with van der Waals surface area (Å²) in [4.78, 5) is -0.293. The molecule has 0 aromatic carbocycles. The molecule has 0 aliphatic carbocycles. The molecule has 4 heteroatoms. The van der Waals surface area contributed by atoms with E-state index in [1.165, 1.54) is 0 Å². The molecule has 62 valence electrons. The second-order valence-corrected chi connectivity index (χ2v) is 4.04. The van der Waals surface area contributed by atoms with Crippen molar-refractivity contribution < 1.29 is 0 Å². The maximum atomic E-state index is 5.83. The lowest BCUT2D eigenvalue weighted by molar-refractivity contribution is 0.675. The SMILES string of the molecule is NCCC(Cl)CCC(Cl)Cl. The average molecular weight is 205 g/mol. The molecular formula is C6H12Cl3N. The lowest BCUT2D eigenvalue weighted by atomic mass is 10.2. The van der Waals surface area contributed by atoms with Crippen LogP contribution in [-0.4, -0.2) is 16.8 Å². The highest BCUT2D eigenvalue weighted by Gasteiger charge is 2.05. The van der Waals surface area contributed by atoms with E-state index in [9.17, 15) is 0 Å². The third-order valence-electron chi connectivity index (χ3n) is 1.18. The molecule has 0 radical (unpaired) electrons. The van der Waals surface area contributed by atoms with E-state index in [4.69, 9.17) is 40.5 Å². The molecule has 0 bridgehead atoms. The summed E-state index contributed by atoms with van der Waals surface area (Å²) in [5, 5.41) is 0.130. The minimum atomic E-state index is -0.293. The summed E-state index contributed by atoms with van der Waals surface area (Å²) < 4.78 is 0. The minimum Gasteiger partial charge on any atom is -0.330 e. The van der Waals surface area contributed by atoms with Gasteiger partial charge in [-0.25, -0.2) is 0 Å². The van der Waals surface area contributed by atoms with Crippen molar-refractivity contribution in [2.24, 2.45) is 5.73 Å². The van der Waals surface area contributed by atoms with E-state index < -0.39 is 0 Å². The van der Waals surface area contributed by atoms with Crippen LogP contribution < -0.4 is 5.73 Å². The van der Waals surface area contributed by atoms with Crippen molar-refractivity contribution in [3.05, 3.63) is 0 Å². The van der Waals surface area contributed by atoms with Gasteiger partial charge in [0.15, 0.2) is 0 Å². The normalized spacial score (nSPS) is 14.1. The Morgan fingerprint density at radius 2 is 1.60 bits per heavy atom. The molecular weight excluding hydrogens is 192 g/mol. The van der Waals surface area contributed by atoms with Crippen molar-refractivity contribution in [1.82, 2.24) is 0 Å². The summed E-state index contributed by atoms with van der Waals surface area (Å²) in [6, 6.07) is 0. The van der Waals surface area contributed by atoms with Crippen LogP contribution in [0.3, 0.4) is 0 Å². The summed E-state index contributed by atoms with van der Waals surface area (Å²) in [6.07, 6.45) is 2.43. The summed E-state index contributed by atoms with van der Waals surface area (Å²) in [6.45, 7) is 0.628. The van der Waals surface area contributed by atoms with E-state index in [1.54, 1.807) is 0 Å². The van der Waals surface area contributed by atoms with E-state index in [-0.39, 0.29) is 10.2 Å². The first kappa shape index (κ1) is 10.8. The molecule has 1 unspecified atom stereocenters. The third kappa shape index (κ3) is 6.94. The van der Waals surface area contributed by atoms with Crippen LogP contribution in [0.15, 0.2) is 0 Å². The van der Waals surface area contributed by atoms with Gasteiger partial charge in [0.25, 0.3) is 0 Å². The lowest BCUT2D eigenvalue weighted by Gasteiger charge is -2.06. The first-order valence-electron chi connectivity index (χ1n) is 3.29. The minimum absolute atomic E-state index is 0.130. The van der Waals surface area contributed by atoms with Gasteiger partial charge in [-0.15, -0.1) is 34.8 Å². The van der Waals surface area contributed by atoms with Crippen LogP contribution in [0.1, 0.15) is 19.3 Å². The van der Waals surface area contributed by atoms with Crippen molar-refractivity contribution in [1.29, 1.82) is 0 Å². The second-order valence-electron chi connectivity index (χ2n) is 2.14. The van der Waals surface area contributed by atoms with E-state index >= 15 is 0 Å². The molecule has 2 N–H and O–H groups in total. The molecule has 1 atom stereocenters. The molecule has 0 aromatic heterocycles. The Hall–Kier alpha value is 0.830. The van der Waals surface area contributed by atoms with Crippen molar-refractivity contribution in [2.75, 3.05) is 6.54 Å². The molecule has 0 saturated carbocycles. The standard InChI is InChI=1S/C6H12Cl3N/c7-5(3-4-10)1-2-6(8)9/h5-6H,1-4,10H2. The first-order chi connectivity index (χ1) is 4.66. The zero-order chi connectivity index (χ0) is 7.98. The first-order valence-corrected chi connectivity index (χ1v) is 4.60. The number of alkyl halides is 3. The molecule has 0 fully saturated rings. The fourth-order valence-corrected chi connectivity index (χ4v) is 1.14. The monoisotopic (exact) mass is 203 g/mol. The van der Waals surface area contributed by atoms with Gasteiger partial charge in [-0.3, -0.25) is 0 Å². The van der Waals surface area contributed by atoms with Crippen molar-refractivity contribution in [3.8, 4) is 0 Å². The van der Waals surface area contributed by atoms with Gasteiger partial charge in [-0.1, -0.05) is 0 Å². The lowest BCUT2D eigenvalue weighted by Crippen LogP contribution is -2.08. The highest BCUT2D eigenvalue weighted by atomic mass is 35.5. The Kier molecular flexibility index (Phi) is 7.08. The Labute approximate surface area is 76.8 Å². The van der Waals surface area contributed by atoms with Gasteiger partial charge in [-0.05, 0) is 25.8 Å². The van der Waals surface area contributed by atoms with E-state index in [0.717, 1.165) is 19.3 Å². The van der Waals surface area contributed by atoms with E-state index in [1.807, 2.05) is 0 Å². The number of nitrogens with two attached hydrogens (primary N) is 1. The summed E-state index contributed by atoms with van der Waals surface area (Å²) in [5.74, 6) is 0. The quantitative estimate of drug-likeness (QED) is 0.685. The highest BCUT2D eigenvalue weighted by Crippen LogP contribution is 2.15. The molecule has 10 heavy (non-hydrogen) atoms. The van der Waals surface area contributed by atoms with Crippen LogP contribution in [0.25, 0.3) is 0 Å². The fraction of sp³-hybridized carbons (Fsp3) is 1.00. The van der Waals surface area contributed by atoms with Crippen molar-refractivity contribution >= 4 is 34.8 Å². The van der Waals surface area contributed by atoms with Crippen molar-refractivity contribution in [3.63, 3.8) is 0 Å². The molecule has 0 saturated heterocycles. The zero-order valence-electron chi connectivity index (χ0n) is 5.69. The maximum Gasteiger partial charge on any atom is 0.107 e. The topological polar surface area (TPSA) is 26.0 Å². The molecule has 0 heterocycles. The van der Waals surface area contributed by atoms with Gasteiger partial charge in [0.05, 0.1) is 0 Å². The smallest absolute Gasteiger partial charge is 0.107 e. The van der Waals surface area contributed by atoms with Gasteiger partial charge in [0.2, 0.25) is 0 Å². The highest BCUT2D eigenvalue weighted by molar-refractivity contribution is 6.44. The predicted octanol–water partition coefficient (Wildman–Crippen LogP) is 2.53. The van der Waals surface area contributed by atoms with E-state index in [2.05, 4.69) is 0 Å². The van der Waals surface area contributed by atoms with Crippen LogP contribution >= 0.6 is 34.8 Å². The molecule has 0 aliphatic rings. The third-order valence-corrected chi connectivity index (χ3v) is 2.05.